The molecule has 2 unspecified atom stereocenters. The number of hydrogen-bond acceptors (Lipinski definition) is 5. The topological polar surface area (TPSA) is 84.2 Å². The second-order valence-electron chi connectivity index (χ2n) is 5.52. The number of amides is 2. The molecule has 0 aliphatic heterocycles. The predicted molar refractivity (Wildman–Crippen MR) is 83.2 cm³/mol. The summed E-state index contributed by atoms with van der Waals surface area (Å²) < 4.78 is 5.63. The minimum Gasteiger partial charge on any atom is -0.458 e. The Bertz CT molecular complexity index is 706. The summed E-state index contributed by atoms with van der Waals surface area (Å²) in [6.45, 7) is 3.87. The van der Waals surface area contributed by atoms with E-state index in [1.807, 2.05) is 5.38 Å². The van der Waals surface area contributed by atoms with Crippen LogP contribution in [0.4, 0.5) is 5.13 Å². The molecule has 2 amide bonds. The molecule has 6 nitrogen and oxygen atoms in total. The first kappa shape index (κ1) is 14.8. The maximum Gasteiger partial charge on any atom is 0.229 e. The van der Waals surface area contributed by atoms with Gasteiger partial charge in [-0.3, -0.25) is 9.59 Å². The van der Waals surface area contributed by atoms with Crippen LogP contribution in [-0.2, 0) is 16.1 Å². The van der Waals surface area contributed by atoms with Gasteiger partial charge in [0.1, 0.15) is 11.5 Å². The normalized spacial score (nSPS) is 19.7. The lowest BCUT2D eigenvalue weighted by atomic mass is 10.3. The Morgan fingerprint density at radius 2 is 2.23 bits per heavy atom. The Morgan fingerprint density at radius 3 is 2.91 bits per heavy atom. The van der Waals surface area contributed by atoms with Gasteiger partial charge < -0.3 is 15.1 Å². The fourth-order valence-corrected chi connectivity index (χ4v) is 2.85. The fraction of sp³-hybridized carbons (Fsp3) is 0.400. The van der Waals surface area contributed by atoms with Crippen LogP contribution in [0.1, 0.15) is 26.0 Å². The molecule has 1 saturated carbocycles. The maximum absolute atomic E-state index is 11.9. The molecule has 0 saturated heterocycles. The van der Waals surface area contributed by atoms with E-state index in [1.165, 1.54) is 18.3 Å². The van der Waals surface area contributed by atoms with E-state index in [1.54, 1.807) is 12.1 Å². The molecule has 1 aliphatic rings. The summed E-state index contributed by atoms with van der Waals surface area (Å²) in [5.74, 6) is 1.82. The average Bonchev–Trinajstić information content (AvgIpc) is 2.91. The molecule has 0 aromatic carbocycles. The highest BCUT2D eigenvalue weighted by molar-refractivity contribution is 7.14. The number of anilines is 1. The van der Waals surface area contributed by atoms with Crippen molar-refractivity contribution in [2.45, 2.75) is 26.8 Å². The van der Waals surface area contributed by atoms with Crippen LogP contribution < -0.4 is 10.6 Å². The third-order valence-electron chi connectivity index (χ3n) is 3.61. The summed E-state index contributed by atoms with van der Waals surface area (Å²) in [6.07, 6.45) is 0.953. The molecular formula is C15H17N3O3S. The molecule has 2 atom stereocenters. The molecule has 1 aliphatic carbocycles. The van der Waals surface area contributed by atoms with Crippen molar-refractivity contribution in [2.24, 2.45) is 11.8 Å². The molecule has 2 aromatic rings. The second kappa shape index (κ2) is 5.92. The largest absolute Gasteiger partial charge is 0.458 e. The van der Waals surface area contributed by atoms with Crippen molar-refractivity contribution in [1.82, 2.24) is 10.3 Å². The molecule has 2 heterocycles. The van der Waals surface area contributed by atoms with E-state index in [9.17, 15) is 9.59 Å². The van der Waals surface area contributed by atoms with E-state index in [0.717, 1.165) is 6.42 Å². The minimum atomic E-state index is -0.106. The van der Waals surface area contributed by atoms with Crippen molar-refractivity contribution in [3.8, 4) is 11.5 Å². The number of aromatic nitrogens is 1. The average molecular weight is 319 g/mol. The van der Waals surface area contributed by atoms with Crippen molar-refractivity contribution in [1.29, 1.82) is 0 Å². The number of nitrogens with zero attached hydrogens (tertiary/aromatic N) is 1. The zero-order valence-electron chi connectivity index (χ0n) is 12.4. The van der Waals surface area contributed by atoms with Crippen molar-refractivity contribution < 1.29 is 14.0 Å². The van der Waals surface area contributed by atoms with Crippen molar-refractivity contribution in [2.75, 3.05) is 5.32 Å². The Morgan fingerprint density at radius 1 is 1.45 bits per heavy atom. The van der Waals surface area contributed by atoms with Crippen molar-refractivity contribution >= 4 is 28.3 Å². The predicted octanol–water partition coefficient (Wildman–Crippen LogP) is 2.63. The lowest BCUT2D eigenvalue weighted by Gasteiger charge is -1.99. The zero-order valence-corrected chi connectivity index (χ0v) is 13.2. The first-order chi connectivity index (χ1) is 10.5. The van der Waals surface area contributed by atoms with Crippen molar-refractivity contribution in [3.05, 3.63) is 23.3 Å². The Labute approximate surface area is 131 Å². The fourth-order valence-electron chi connectivity index (χ4n) is 2.15. The van der Waals surface area contributed by atoms with Crippen LogP contribution in [0, 0.1) is 11.8 Å². The Kier molecular flexibility index (Phi) is 3.98. The van der Waals surface area contributed by atoms with Gasteiger partial charge >= 0.3 is 0 Å². The van der Waals surface area contributed by atoms with Gasteiger partial charge in [0.15, 0.2) is 10.9 Å². The van der Waals surface area contributed by atoms with E-state index >= 15 is 0 Å². The quantitative estimate of drug-likeness (QED) is 0.887. The number of carbonyl (C=O) groups is 2. The van der Waals surface area contributed by atoms with Crippen LogP contribution >= 0.6 is 11.3 Å². The van der Waals surface area contributed by atoms with Crippen LogP contribution in [0.25, 0.3) is 11.5 Å². The van der Waals surface area contributed by atoms with Crippen LogP contribution in [-0.4, -0.2) is 16.8 Å². The van der Waals surface area contributed by atoms with Gasteiger partial charge in [0, 0.05) is 18.2 Å². The Balaban J connectivity index is 1.63. The van der Waals surface area contributed by atoms with Gasteiger partial charge in [-0.2, -0.15) is 0 Å². The highest BCUT2D eigenvalue weighted by Gasteiger charge is 2.39. The maximum atomic E-state index is 11.9. The summed E-state index contributed by atoms with van der Waals surface area (Å²) in [4.78, 5) is 27.1. The number of carbonyl (C=O) groups excluding carboxylic acids is 2. The highest BCUT2D eigenvalue weighted by atomic mass is 32.1. The summed E-state index contributed by atoms with van der Waals surface area (Å²) >= 11 is 1.37. The summed E-state index contributed by atoms with van der Waals surface area (Å²) in [6, 6.07) is 3.61. The lowest BCUT2D eigenvalue weighted by molar-refractivity contribution is -0.119. The number of furan rings is 1. The summed E-state index contributed by atoms with van der Waals surface area (Å²) in [5, 5.41) is 7.94. The highest BCUT2D eigenvalue weighted by Crippen LogP contribution is 2.38. The molecule has 7 heteroatoms. The van der Waals surface area contributed by atoms with Crippen LogP contribution in [0.5, 0.6) is 0 Å². The number of hydrogen-bond donors (Lipinski definition) is 2. The van der Waals surface area contributed by atoms with Gasteiger partial charge in [-0.15, -0.1) is 11.3 Å². The number of rotatable bonds is 5. The van der Waals surface area contributed by atoms with Gasteiger partial charge in [0.2, 0.25) is 11.8 Å². The molecule has 22 heavy (non-hydrogen) atoms. The standard InChI is InChI=1S/C15H17N3O3S/c1-8-5-11(8)14(20)18-15-17-12(7-22-15)13-4-3-10(21-13)6-16-9(2)19/h3-4,7-8,11H,5-6H2,1-2H3,(H,16,19)(H,17,18,20). The molecule has 3 rings (SSSR count). The Hall–Kier alpha value is -2.15. The zero-order chi connectivity index (χ0) is 15.7. The van der Waals surface area contributed by atoms with Crippen molar-refractivity contribution in [3.63, 3.8) is 0 Å². The molecule has 116 valence electrons. The van der Waals surface area contributed by atoms with Gasteiger partial charge in [-0.05, 0) is 24.5 Å². The molecule has 0 radical (unpaired) electrons. The summed E-state index contributed by atoms with van der Waals surface area (Å²) in [7, 11) is 0. The minimum absolute atomic E-state index is 0.0409. The van der Waals surface area contributed by atoms with E-state index in [2.05, 4.69) is 22.5 Å². The van der Waals surface area contributed by atoms with Crippen LogP contribution in [0.2, 0.25) is 0 Å². The van der Waals surface area contributed by atoms with Crippen LogP contribution in [0.15, 0.2) is 21.9 Å². The van der Waals surface area contributed by atoms with Gasteiger partial charge in [-0.25, -0.2) is 4.98 Å². The van der Waals surface area contributed by atoms with E-state index < -0.39 is 0 Å². The SMILES string of the molecule is CC(=O)NCc1ccc(-c2csc(NC(=O)C3CC3C)n2)o1. The molecule has 0 spiro atoms. The number of nitrogens with one attached hydrogen (secondary N) is 2. The second-order valence-corrected chi connectivity index (χ2v) is 6.38. The molecule has 2 aromatic heterocycles. The first-order valence-corrected chi connectivity index (χ1v) is 8.01. The molecule has 0 bridgehead atoms. The third kappa shape index (κ3) is 3.36. The van der Waals surface area contributed by atoms with Gasteiger partial charge in [0.25, 0.3) is 0 Å². The summed E-state index contributed by atoms with van der Waals surface area (Å²) in [5.41, 5.74) is 0.679. The first-order valence-electron chi connectivity index (χ1n) is 7.13. The third-order valence-corrected chi connectivity index (χ3v) is 4.36. The number of thiazole rings is 1. The monoisotopic (exact) mass is 319 g/mol. The van der Waals surface area contributed by atoms with Gasteiger partial charge in [0.05, 0.1) is 6.54 Å². The van der Waals surface area contributed by atoms with E-state index in [4.69, 9.17) is 4.42 Å². The van der Waals surface area contributed by atoms with Gasteiger partial charge in [-0.1, -0.05) is 6.92 Å². The molecular weight excluding hydrogens is 302 g/mol. The molecule has 2 N–H and O–H groups in total. The van der Waals surface area contributed by atoms with Crippen LogP contribution in [0.3, 0.4) is 0 Å². The van der Waals surface area contributed by atoms with E-state index in [0.29, 0.717) is 34.8 Å². The van der Waals surface area contributed by atoms with E-state index in [-0.39, 0.29) is 17.7 Å². The molecule has 1 fully saturated rings. The lowest BCUT2D eigenvalue weighted by Crippen LogP contribution is -2.18. The smallest absolute Gasteiger partial charge is 0.229 e.